The first-order valence-corrected chi connectivity index (χ1v) is 6.28. The maximum atomic E-state index is 11.3. The van der Waals surface area contributed by atoms with Crippen LogP contribution in [0.3, 0.4) is 0 Å². The number of nitriles is 1. The summed E-state index contributed by atoms with van der Waals surface area (Å²) in [6.45, 7) is 2.51. The number of rotatable bonds is 5. The lowest BCUT2D eigenvalue weighted by Gasteiger charge is -2.04. The second-order valence-corrected chi connectivity index (χ2v) is 4.43. The van der Waals surface area contributed by atoms with E-state index in [9.17, 15) is 4.79 Å². The summed E-state index contributed by atoms with van der Waals surface area (Å²) in [5, 5.41) is 11.2. The molecule has 98 valence electrons. The number of amides is 1. The summed E-state index contributed by atoms with van der Waals surface area (Å²) >= 11 is 0. The number of aromatic nitrogens is 2. The van der Waals surface area contributed by atoms with Crippen LogP contribution in [0.1, 0.15) is 24.2 Å². The predicted octanol–water partition coefficient (Wildman–Crippen LogP) is 1.83. The Labute approximate surface area is 111 Å². The molecule has 0 aliphatic heterocycles. The van der Waals surface area contributed by atoms with Gasteiger partial charge in [-0.1, -0.05) is 6.07 Å². The number of carbonyl (C=O) groups excluding carboxylic acids is 1. The van der Waals surface area contributed by atoms with Crippen molar-refractivity contribution in [3.63, 3.8) is 0 Å². The Bertz CT molecular complexity index is 624. The molecule has 0 spiro atoms. The first kappa shape index (κ1) is 13.1. The number of benzene rings is 1. The highest BCUT2D eigenvalue weighted by Crippen LogP contribution is 2.13. The topological polar surface area (TPSA) is 81.6 Å². The molecule has 1 aromatic carbocycles. The van der Waals surface area contributed by atoms with Crippen molar-refractivity contribution >= 4 is 16.9 Å². The summed E-state index contributed by atoms with van der Waals surface area (Å²) in [5.74, 6) is 0.831. The SMILES string of the molecule is Cc1nc2ccc(CCNC(=O)CCC#N)cc2[nH]1. The molecular weight excluding hydrogens is 240 g/mol. The van der Waals surface area contributed by atoms with E-state index in [1.54, 1.807) is 0 Å². The number of aryl methyl sites for hydroxylation is 1. The second kappa shape index (κ2) is 6.01. The Morgan fingerprint density at radius 1 is 1.53 bits per heavy atom. The van der Waals surface area contributed by atoms with Crippen molar-refractivity contribution in [2.24, 2.45) is 0 Å². The second-order valence-electron chi connectivity index (χ2n) is 4.43. The molecule has 0 unspecified atom stereocenters. The van der Waals surface area contributed by atoms with E-state index in [-0.39, 0.29) is 18.7 Å². The van der Waals surface area contributed by atoms with Crippen LogP contribution < -0.4 is 5.32 Å². The highest BCUT2D eigenvalue weighted by atomic mass is 16.1. The van der Waals surface area contributed by atoms with Crippen LogP contribution in [-0.2, 0) is 11.2 Å². The van der Waals surface area contributed by atoms with E-state index < -0.39 is 0 Å². The third-order valence-electron chi connectivity index (χ3n) is 2.86. The summed E-state index contributed by atoms with van der Waals surface area (Å²) in [4.78, 5) is 18.9. The lowest BCUT2D eigenvalue weighted by molar-refractivity contribution is -0.120. The third-order valence-corrected chi connectivity index (χ3v) is 2.86. The van der Waals surface area contributed by atoms with Crippen LogP contribution in [0.4, 0.5) is 0 Å². The van der Waals surface area contributed by atoms with Gasteiger partial charge in [-0.3, -0.25) is 4.79 Å². The first-order chi connectivity index (χ1) is 9.19. The van der Waals surface area contributed by atoms with Gasteiger partial charge in [0.05, 0.1) is 17.1 Å². The number of nitrogens with one attached hydrogen (secondary N) is 2. The standard InChI is InChI=1S/C14H16N4O/c1-10-17-12-5-4-11(9-13(12)18-10)6-8-16-14(19)3-2-7-15/h4-5,9H,2-3,6,8H2,1H3,(H,16,19)(H,17,18). The molecule has 1 heterocycles. The number of nitrogens with zero attached hydrogens (tertiary/aromatic N) is 2. The van der Waals surface area contributed by atoms with Crippen molar-refractivity contribution in [3.05, 3.63) is 29.6 Å². The van der Waals surface area contributed by atoms with Gasteiger partial charge in [0.15, 0.2) is 0 Å². The minimum Gasteiger partial charge on any atom is -0.356 e. The van der Waals surface area contributed by atoms with E-state index in [0.29, 0.717) is 6.54 Å². The molecule has 0 bridgehead atoms. The van der Waals surface area contributed by atoms with Crippen molar-refractivity contribution in [1.82, 2.24) is 15.3 Å². The minimum atomic E-state index is -0.0694. The van der Waals surface area contributed by atoms with Gasteiger partial charge in [0, 0.05) is 19.4 Å². The molecular formula is C14H16N4O. The highest BCUT2D eigenvalue weighted by Gasteiger charge is 2.02. The smallest absolute Gasteiger partial charge is 0.221 e. The van der Waals surface area contributed by atoms with Crippen LogP contribution in [0.2, 0.25) is 0 Å². The fourth-order valence-corrected chi connectivity index (χ4v) is 1.94. The lowest BCUT2D eigenvalue weighted by Crippen LogP contribution is -2.25. The Morgan fingerprint density at radius 3 is 3.16 bits per heavy atom. The van der Waals surface area contributed by atoms with Crippen LogP contribution in [0.5, 0.6) is 0 Å². The number of imidazole rings is 1. The normalized spacial score (nSPS) is 10.3. The van der Waals surface area contributed by atoms with Crippen molar-refractivity contribution in [2.75, 3.05) is 6.54 Å². The quantitative estimate of drug-likeness (QED) is 0.856. The number of aromatic amines is 1. The number of carbonyl (C=O) groups is 1. The Balaban J connectivity index is 1.88. The number of hydrogen-bond donors (Lipinski definition) is 2. The molecule has 5 heteroatoms. The molecule has 5 nitrogen and oxygen atoms in total. The van der Waals surface area contributed by atoms with Crippen LogP contribution in [0.25, 0.3) is 11.0 Å². The summed E-state index contributed by atoms with van der Waals surface area (Å²) in [6, 6.07) is 8.01. The zero-order chi connectivity index (χ0) is 13.7. The van der Waals surface area contributed by atoms with Gasteiger partial charge in [0.2, 0.25) is 5.91 Å². The number of hydrogen-bond acceptors (Lipinski definition) is 3. The minimum absolute atomic E-state index is 0.0694. The van der Waals surface area contributed by atoms with Gasteiger partial charge in [0.1, 0.15) is 5.82 Å². The first-order valence-electron chi connectivity index (χ1n) is 6.28. The molecule has 0 aliphatic rings. The van der Waals surface area contributed by atoms with Gasteiger partial charge in [-0.2, -0.15) is 5.26 Å². The molecule has 2 aromatic rings. The summed E-state index contributed by atoms with van der Waals surface area (Å²) in [6.07, 6.45) is 1.31. The van der Waals surface area contributed by atoms with Gasteiger partial charge in [-0.15, -0.1) is 0 Å². The molecule has 0 saturated heterocycles. The summed E-state index contributed by atoms with van der Waals surface area (Å²) < 4.78 is 0. The number of H-pyrrole nitrogens is 1. The Morgan fingerprint density at radius 2 is 2.37 bits per heavy atom. The van der Waals surface area contributed by atoms with Crippen LogP contribution in [0.15, 0.2) is 18.2 Å². The van der Waals surface area contributed by atoms with Crippen molar-refractivity contribution < 1.29 is 4.79 Å². The molecule has 2 N–H and O–H groups in total. The summed E-state index contributed by atoms with van der Waals surface area (Å²) in [7, 11) is 0. The van der Waals surface area contributed by atoms with E-state index in [1.807, 2.05) is 25.1 Å². The van der Waals surface area contributed by atoms with E-state index in [2.05, 4.69) is 21.4 Å². The van der Waals surface area contributed by atoms with Crippen LogP contribution in [-0.4, -0.2) is 22.4 Å². The largest absolute Gasteiger partial charge is 0.356 e. The fraction of sp³-hybridized carbons (Fsp3) is 0.357. The van der Waals surface area contributed by atoms with Crippen molar-refractivity contribution in [3.8, 4) is 6.07 Å². The van der Waals surface area contributed by atoms with E-state index in [1.165, 1.54) is 0 Å². The molecule has 19 heavy (non-hydrogen) atoms. The zero-order valence-corrected chi connectivity index (χ0v) is 10.9. The van der Waals surface area contributed by atoms with Gasteiger partial charge >= 0.3 is 0 Å². The van der Waals surface area contributed by atoms with Gasteiger partial charge in [-0.05, 0) is 31.0 Å². The maximum absolute atomic E-state index is 11.3. The molecule has 0 radical (unpaired) electrons. The highest BCUT2D eigenvalue weighted by molar-refractivity contribution is 5.76. The zero-order valence-electron chi connectivity index (χ0n) is 10.9. The molecule has 0 saturated carbocycles. The Kier molecular flexibility index (Phi) is 4.14. The van der Waals surface area contributed by atoms with Crippen LogP contribution >= 0.6 is 0 Å². The average Bonchev–Trinajstić information content (AvgIpc) is 2.75. The molecule has 0 aliphatic carbocycles. The van der Waals surface area contributed by atoms with E-state index in [4.69, 9.17) is 5.26 Å². The third kappa shape index (κ3) is 3.55. The Hall–Kier alpha value is -2.35. The van der Waals surface area contributed by atoms with Crippen molar-refractivity contribution in [1.29, 1.82) is 5.26 Å². The lowest BCUT2D eigenvalue weighted by atomic mass is 10.1. The van der Waals surface area contributed by atoms with Gasteiger partial charge in [-0.25, -0.2) is 4.98 Å². The van der Waals surface area contributed by atoms with E-state index in [0.717, 1.165) is 28.8 Å². The molecule has 0 atom stereocenters. The van der Waals surface area contributed by atoms with Gasteiger partial charge in [0.25, 0.3) is 0 Å². The predicted molar refractivity (Wildman–Crippen MR) is 72.4 cm³/mol. The maximum Gasteiger partial charge on any atom is 0.221 e. The molecule has 1 amide bonds. The molecule has 2 rings (SSSR count). The average molecular weight is 256 g/mol. The molecule has 1 aromatic heterocycles. The summed E-state index contributed by atoms with van der Waals surface area (Å²) in [5.41, 5.74) is 3.13. The number of fused-ring (bicyclic) bond motifs is 1. The van der Waals surface area contributed by atoms with Gasteiger partial charge < -0.3 is 10.3 Å². The van der Waals surface area contributed by atoms with E-state index >= 15 is 0 Å². The van der Waals surface area contributed by atoms with Crippen LogP contribution in [0, 0.1) is 18.3 Å². The van der Waals surface area contributed by atoms with Crippen molar-refractivity contribution in [2.45, 2.75) is 26.2 Å². The monoisotopic (exact) mass is 256 g/mol. The molecule has 0 fully saturated rings. The fourth-order valence-electron chi connectivity index (χ4n) is 1.94.